The average molecular weight is 433 g/mol. The molecule has 2 aromatic rings. The van der Waals surface area contributed by atoms with Crippen molar-refractivity contribution >= 4 is 21.6 Å². The van der Waals surface area contributed by atoms with Crippen molar-refractivity contribution < 1.29 is 22.7 Å². The molecule has 0 saturated heterocycles. The molecule has 1 amide bonds. The van der Waals surface area contributed by atoms with Gasteiger partial charge in [-0.25, -0.2) is 8.42 Å². The summed E-state index contributed by atoms with van der Waals surface area (Å²) in [7, 11) is -0.837. The van der Waals surface area contributed by atoms with Gasteiger partial charge in [0.15, 0.2) is 0 Å². The summed E-state index contributed by atoms with van der Waals surface area (Å²) < 4.78 is 37.0. The Morgan fingerprint density at radius 3 is 2.57 bits per heavy atom. The molecular weight excluding hydrogens is 404 g/mol. The van der Waals surface area contributed by atoms with E-state index in [0.29, 0.717) is 11.5 Å². The number of nitrogens with one attached hydrogen (secondary N) is 1. The van der Waals surface area contributed by atoms with Crippen molar-refractivity contribution in [2.45, 2.75) is 38.3 Å². The van der Waals surface area contributed by atoms with Crippen LogP contribution in [-0.2, 0) is 21.2 Å². The molecule has 162 valence electrons. The molecule has 0 heterocycles. The maximum atomic E-state index is 13.1. The summed E-state index contributed by atoms with van der Waals surface area (Å²) in [6.07, 6.45) is 3.84. The molecule has 8 heteroatoms. The van der Waals surface area contributed by atoms with Gasteiger partial charge >= 0.3 is 0 Å². The first-order chi connectivity index (χ1) is 14.3. The third kappa shape index (κ3) is 4.53. The molecule has 2 atom stereocenters. The van der Waals surface area contributed by atoms with Crippen molar-refractivity contribution in [1.82, 2.24) is 5.32 Å². The van der Waals surface area contributed by atoms with E-state index < -0.39 is 16.1 Å². The van der Waals surface area contributed by atoms with Gasteiger partial charge in [-0.15, -0.1) is 0 Å². The molecule has 7 nitrogen and oxygen atoms in total. The number of carbonyl (C=O) groups is 1. The van der Waals surface area contributed by atoms with Crippen molar-refractivity contribution in [2.24, 2.45) is 0 Å². The molecule has 2 aromatic carbocycles. The lowest BCUT2D eigenvalue weighted by atomic mass is 9.87. The van der Waals surface area contributed by atoms with Gasteiger partial charge in [-0.3, -0.25) is 9.10 Å². The Hall–Kier alpha value is -2.74. The summed E-state index contributed by atoms with van der Waals surface area (Å²) in [4.78, 5) is 13.1. The van der Waals surface area contributed by atoms with Crippen molar-refractivity contribution in [1.29, 1.82) is 0 Å². The number of methoxy groups -OCH3 is 2. The molecule has 30 heavy (non-hydrogen) atoms. The summed E-state index contributed by atoms with van der Waals surface area (Å²) in [5.74, 6) is 0.434. The number of fused-ring (bicyclic) bond motifs is 1. The van der Waals surface area contributed by atoms with Gasteiger partial charge in [0.25, 0.3) is 0 Å². The van der Waals surface area contributed by atoms with Gasteiger partial charge in [0.1, 0.15) is 17.5 Å². The minimum atomic E-state index is -3.78. The molecule has 0 aliphatic heterocycles. The topological polar surface area (TPSA) is 84.9 Å². The van der Waals surface area contributed by atoms with E-state index in [9.17, 15) is 13.2 Å². The molecule has 0 unspecified atom stereocenters. The van der Waals surface area contributed by atoms with Gasteiger partial charge in [0.05, 0.1) is 32.2 Å². The molecule has 1 aliphatic carbocycles. The fraction of sp³-hybridized carbons (Fsp3) is 0.409. The largest absolute Gasteiger partial charge is 0.497 e. The monoisotopic (exact) mass is 432 g/mol. The van der Waals surface area contributed by atoms with Crippen molar-refractivity contribution in [3.63, 3.8) is 0 Å². The quantitative estimate of drug-likeness (QED) is 0.727. The van der Waals surface area contributed by atoms with E-state index in [1.165, 1.54) is 19.8 Å². The molecule has 0 bridgehead atoms. The molecule has 1 aliphatic rings. The summed E-state index contributed by atoms with van der Waals surface area (Å²) in [6.45, 7) is 1.57. The minimum absolute atomic E-state index is 0.140. The molecular formula is C22H28N2O5S. The first-order valence-corrected chi connectivity index (χ1v) is 11.7. The number of hydrogen-bond acceptors (Lipinski definition) is 5. The zero-order valence-electron chi connectivity index (χ0n) is 17.7. The molecule has 0 fully saturated rings. The number of anilines is 1. The first-order valence-electron chi connectivity index (χ1n) is 9.86. The Kier molecular flexibility index (Phi) is 6.55. The van der Waals surface area contributed by atoms with Crippen LogP contribution >= 0.6 is 0 Å². The zero-order chi connectivity index (χ0) is 21.9. The Balaban J connectivity index is 1.92. The Morgan fingerprint density at radius 2 is 1.90 bits per heavy atom. The Bertz CT molecular complexity index is 1020. The molecule has 1 N–H and O–H groups in total. The second kappa shape index (κ2) is 8.95. The first kappa shape index (κ1) is 22.0. The summed E-state index contributed by atoms with van der Waals surface area (Å²) in [5, 5.41) is 3.05. The van der Waals surface area contributed by atoms with Gasteiger partial charge < -0.3 is 14.8 Å². The van der Waals surface area contributed by atoms with Gasteiger partial charge in [-0.2, -0.15) is 0 Å². The standard InChI is InChI=1S/C22H28N2O5S/c1-15(22(25)23-19-11-7-9-16-8-5-6-10-18(16)19)24(30(4,26)27)20-14-17(28-2)12-13-21(20)29-3/h5-6,8,10,12-15,19H,7,9,11H2,1-4H3,(H,23,25)/t15-,19-/m0/s1. The maximum Gasteiger partial charge on any atom is 0.244 e. The van der Waals surface area contributed by atoms with Crippen LogP contribution in [0.15, 0.2) is 42.5 Å². The highest BCUT2D eigenvalue weighted by molar-refractivity contribution is 7.92. The van der Waals surface area contributed by atoms with E-state index in [1.54, 1.807) is 25.1 Å². The fourth-order valence-electron chi connectivity index (χ4n) is 3.95. The normalized spacial score (nSPS) is 16.9. The van der Waals surface area contributed by atoms with Gasteiger partial charge in [0, 0.05) is 6.07 Å². The average Bonchev–Trinajstić information content (AvgIpc) is 2.73. The number of rotatable bonds is 7. The predicted molar refractivity (Wildman–Crippen MR) is 117 cm³/mol. The summed E-state index contributed by atoms with van der Waals surface area (Å²) in [6, 6.07) is 11.8. The van der Waals surface area contributed by atoms with Gasteiger partial charge in [-0.05, 0) is 49.4 Å². The number of aryl methyl sites for hydroxylation is 1. The van der Waals surface area contributed by atoms with Crippen LogP contribution < -0.4 is 19.1 Å². The van der Waals surface area contributed by atoms with Crippen molar-refractivity contribution in [3.05, 3.63) is 53.6 Å². The van der Waals surface area contributed by atoms with E-state index in [0.717, 1.165) is 35.4 Å². The molecule has 0 aromatic heterocycles. The number of hydrogen-bond donors (Lipinski definition) is 1. The van der Waals surface area contributed by atoms with E-state index >= 15 is 0 Å². The van der Waals surface area contributed by atoms with Gasteiger partial charge in [0.2, 0.25) is 15.9 Å². The molecule has 0 saturated carbocycles. The van der Waals surface area contributed by atoms with E-state index in [4.69, 9.17) is 9.47 Å². The SMILES string of the molecule is COc1ccc(OC)c(N([C@@H](C)C(=O)N[C@H]2CCCc3ccccc32)S(C)(=O)=O)c1. The lowest BCUT2D eigenvalue weighted by Crippen LogP contribution is -2.49. The van der Waals surface area contributed by atoms with Crippen LogP contribution in [0, 0.1) is 0 Å². The third-order valence-electron chi connectivity index (χ3n) is 5.40. The lowest BCUT2D eigenvalue weighted by molar-refractivity contribution is -0.122. The van der Waals surface area contributed by atoms with E-state index in [-0.39, 0.29) is 17.6 Å². The van der Waals surface area contributed by atoms with Gasteiger partial charge in [-0.1, -0.05) is 24.3 Å². The second-order valence-corrected chi connectivity index (χ2v) is 9.28. The second-order valence-electron chi connectivity index (χ2n) is 7.42. The van der Waals surface area contributed by atoms with Crippen LogP contribution in [0.3, 0.4) is 0 Å². The lowest BCUT2D eigenvalue weighted by Gasteiger charge is -2.32. The summed E-state index contributed by atoms with van der Waals surface area (Å²) in [5.41, 5.74) is 2.57. The number of sulfonamides is 1. The Labute approximate surface area is 178 Å². The van der Waals surface area contributed by atoms with Crippen LogP contribution in [0.4, 0.5) is 5.69 Å². The zero-order valence-corrected chi connectivity index (χ0v) is 18.5. The van der Waals surface area contributed by atoms with Crippen molar-refractivity contribution in [3.8, 4) is 11.5 Å². The van der Waals surface area contributed by atoms with Crippen LogP contribution in [0.5, 0.6) is 11.5 Å². The van der Waals surface area contributed by atoms with E-state index in [1.807, 2.05) is 18.2 Å². The predicted octanol–water partition coefficient (Wildman–Crippen LogP) is 3.05. The fourth-order valence-corrected chi connectivity index (χ4v) is 5.12. The number of carbonyl (C=O) groups excluding carboxylic acids is 1. The van der Waals surface area contributed by atoms with Crippen LogP contribution in [0.2, 0.25) is 0 Å². The van der Waals surface area contributed by atoms with Crippen molar-refractivity contribution in [2.75, 3.05) is 24.8 Å². The smallest absolute Gasteiger partial charge is 0.244 e. The number of nitrogens with zero attached hydrogens (tertiary/aromatic N) is 1. The highest BCUT2D eigenvalue weighted by atomic mass is 32.2. The molecule has 3 rings (SSSR count). The van der Waals surface area contributed by atoms with Crippen LogP contribution in [0.25, 0.3) is 0 Å². The maximum absolute atomic E-state index is 13.1. The number of amides is 1. The highest BCUT2D eigenvalue weighted by Gasteiger charge is 2.33. The molecule has 0 spiro atoms. The Morgan fingerprint density at radius 1 is 1.17 bits per heavy atom. The summed E-state index contributed by atoms with van der Waals surface area (Å²) >= 11 is 0. The third-order valence-corrected chi connectivity index (χ3v) is 6.63. The van der Waals surface area contributed by atoms with Crippen LogP contribution in [-0.4, -0.2) is 40.8 Å². The number of ether oxygens (including phenoxy) is 2. The van der Waals surface area contributed by atoms with Crippen LogP contribution in [0.1, 0.15) is 36.9 Å². The van der Waals surface area contributed by atoms with E-state index in [2.05, 4.69) is 11.4 Å². The highest BCUT2D eigenvalue weighted by Crippen LogP contribution is 2.35. The number of benzene rings is 2. The molecule has 0 radical (unpaired) electrons. The minimum Gasteiger partial charge on any atom is -0.497 e.